The Morgan fingerprint density at radius 3 is 2.36 bits per heavy atom. The second kappa shape index (κ2) is 12.0. The molecule has 2 heterocycles. The summed E-state index contributed by atoms with van der Waals surface area (Å²) in [6.07, 6.45) is 2.58. The molecule has 1 atom stereocenters. The quantitative estimate of drug-likeness (QED) is 0.563. The fourth-order valence-corrected chi connectivity index (χ4v) is 3.85. The van der Waals surface area contributed by atoms with Crippen LogP contribution in [0.2, 0.25) is 5.02 Å². The maximum absolute atomic E-state index is 12.9. The molecule has 33 heavy (non-hydrogen) atoms. The molecule has 1 aliphatic rings. The van der Waals surface area contributed by atoms with E-state index in [-0.39, 0.29) is 23.8 Å². The molecule has 178 valence electrons. The van der Waals surface area contributed by atoms with Crippen LogP contribution >= 0.6 is 11.6 Å². The molecule has 0 aliphatic carbocycles. The number of anilines is 1. The van der Waals surface area contributed by atoms with Crippen molar-refractivity contribution in [3.8, 4) is 0 Å². The van der Waals surface area contributed by atoms with Gasteiger partial charge in [-0.25, -0.2) is 4.98 Å². The van der Waals surface area contributed by atoms with Gasteiger partial charge in [0.05, 0.1) is 17.6 Å². The van der Waals surface area contributed by atoms with Crippen LogP contribution in [0, 0.1) is 0 Å². The first-order valence-corrected chi connectivity index (χ1v) is 11.9. The lowest BCUT2D eigenvalue weighted by atomic mass is 9.99. The highest BCUT2D eigenvalue weighted by atomic mass is 35.5. The third kappa shape index (κ3) is 7.17. The highest BCUT2D eigenvalue weighted by molar-refractivity contribution is 6.30. The highest BCUT2D eigenvalue weighted by Crippen LogP contribution is 2.22. The average Bonchev–Trinajstić information content (AvgIpc) is 2.83. The average molecular weight is 473 g/mol. The van der Waals surface area contributed by atoms with E-state index in [0.29, 0.717) is 49.9 Å². The highest BCUT2D eigenvalue weighted by Gasteiger charge is 2.26. The van der Waals surface area contributed by atoms with Gasteiger partial charge < -0.3 is 19.9 Å². The number of piperazine rings is 1. The fourth-order valence-electron chi connectivity index (χ4n) is 3.73. The number of carbonyl (C=O) groups excluding carboxylic acids is 2. The van der Waals surface area contributed by atoms with Gasteiger partial charge in [0, 0.05) is 50.6 Å². The Morgan fingerprint density at radius 1 is 1.06 bits per heavy atom. The van der Waals surface area contributed by atoms with Crippen LogP contribution in [0.25, 0.3) is 0 Å². The van der Waals surface area contributed by atoms with E-state index in [9.17, 15) is 9.59 Å². The molecule has 8 heteroatoms. The van der Waals surface area contributed by atoms with E-state index >= 15 is 0 Å². The number of nitrogens with zero attached hydrogens (tertiary/aromatic N) is 3. The second-order valence-corrected chi connectivity index (χ2v) is 8.96. The second-order valence-electron chi connectivity index (χ2n) is 8.52. The zero-order chi connectivity index (χ0) is 23.8. The minimum Gasteiger partial charge on any atom is -0.379 e. The van der Waals surface area contributed by atoms with Crippen molar-refractivity contribution in [2.75, 3.05) is 44.2 Å². The van der Waals surface area contributed by atoms with Crippen molar-refractivity contribution >= 4 is 29.2 Å². The molecule has 0 radical (unpaired) electrons. The summed E-state index contributed by atoms with van der Waals surface area (Å²) >= 11 is 5.96. The Labute approximate surface area is 201 Å². The lowest BCUT2D eigenvalue weighted by molar-refractivity contribution is -0.132. The molecule has 1 aliphatic heterocycles. The van der Waals surface area contributed by atoms with Crippen molar-refractivity contribution in [2.24, 2.45) is 0 Å². The van der Waals surface area contributed by atoms with E-state index in [1.165, 1.54) is 0 Å². The summed E-state index contributed by atoms with van der Waals surface area (Å²) < 4.78 is 5.48. The molecule has 1 N–H and O–H groups in total. The Hall–Kier alpha value is -2.64. The predicted molar refractivity (Wildman–Crippen MR) is 131 cm³/mol. The van der Waals surface area contributed by atoms with Crippen LogP contribution in [0.1, 0.15) is 49.0 Å². The first-order chi connectivity index (χ1) is 15.8. The van der Waals surface area contributed by atoms with Crippen LogP contribution in [0.4, 0.5) is 5.82 Å². The summed E-state index contributed by atoms with van der Waals surface area (Å²) in [5.74, 6) is 0.595. The number of aromatic nitrogens is 1. The molecule has 1 aromatic heterocycles. The van der Waals surface area contributed by atoms with Gasteiger partial charge in [-0.1, -0.05) is 23.7 Å². The van der Waals surface area contributed by atoms with Gasteiger partial charge in [-0.2, -0.15) is 0 Å². The summed E-state index contributed by atoms with van der Waals surface area (Å²) in [7, 11) is 0. The number of amides is 2. The van der Waals surface area contributed by atoms with Gasteiger partial charge in [0.2, 0.25) is 5.91 Å². The number of hydrogen-bond acceptors (Lipinski definition) is 5. The third-order valence-electron chi connectivity index (χ3n) is 5.72. The first kappa shape index (κ1) is 25.0. The summed E-state index contributed by atoms with van der Waals surface area (Å²) in [6.45, 7) is 9.79. The van der Waals surface area contributed by atoms with Gasteiger partial charge in [0.15, 0.2) is 0 Å². The van der Waals surface area contributed by atoms with Gasteiger partial charge in [0.25, 0.3) is 5.91 Å². The van der Waals surface area contributed by atoms with E-state index in [1.807, 2.05) is 56.0 Å². The molecular weight excluding hydrogens is 440 g/mol. The van der Waals surface area contributed by atoms with Gasteiger partial charge >= 0.3 is 0 Å². The van der Waals surface area contributed by atoms with E-state index in [4.69, 9.17) is 16.3 Å². The van der Waals surface area contributed by atoms with Gasteiger partial charge in [-0.15, -0.1) is 0 Å². The van der Waals surface area contributed by atoms with E-state index in [2.05, 4.69) is 15.2 Å². The zero-order valence-corrected chi connectivity index (χ0v) is 20.3. The van der Waals surface area contributed by atoms with Crippen LogP contribution in [0.3, 0.4) is 0 Å². The molecule has 0 bridgehead atoms. The number of benzene rings is 1. The monoisotopic (exact) mass is 472 g/mol. The minimum absolute atomic E-state index is 0.121. The number of hydrogen-bond donors (Lipinski definition) is 1. The van der Waals surface area contributed by atoms with Crippen LogP contribution in [-0.4, -0.2) is 67.1 Å². The topological polar surface area (TPSA) is 74.8 Å². The Kier molecular flexibility index (Phi) is 9.09. The van der Waals surface area contributed by atoms with Crippen molar-refractivity contribution in [1.29, 1.82) is 0 Å². The van der Waals surface area contributed by atoms with Crippen LogP contribution < -0.4 is 10.2 Å². The zero-order valence-electron chi connectivity index (χ0n) is 19.6. The maximum atomic E-state index is 12.9. The predicted octanol–water partition coefficient (Wildman–Crippen LogP) is 3.73. The van der Waals surface area contributed by atoms with Crippen molar-refractivity contribution in [3.05, 3.63) is 58.7 Å². The Balaban J connectivity index is 1.46. The lowest BCUT2D eigenvalue weighted by Gasteiger charge is -2.36. The molecule has 1 aromatic carbocycles. The molecule has 1 fully saturated rings. The van der Waals surface area contributed by atoms with E-state index in [0.717, 1.165) is 17.8 Å². The fraction of sp³-hybridized carbons (Fsp3) is 0.480. The van der Waals surface area contributed by atoms with E-state index < -0.39 is 0 Å². The van der Waals surface area contributed by atoms with Crippen molar-refractivity contribution in [1.82, 2.24) is 15.2 Å². The van der Waals surface area contributed by atoms with Gasteiger partial charge in [-0.3, -0.25) is 9.59 Å². The normalized spacial score (nSPS) is 14.9. The van der Waals surface area contributed by atoms with Crippen LogP contribution in [0.5, 0.6) is 0 Å². The Bertz CT molecular complexity index is 910. The summed E-state index contributed by atoms with van der Waals surface area (Å²) in [5.41, 5.74) is 1.50. The molecule has 1 saturated heterocycles. The number of pyridine rings is 1. The molecule has 0 saturated carbocycles. The summed E-state index contributed by atoms with van der Waals surface area (Å²) in [6, 6.07) is 11.1. The molecule has 0 spiro atoms. The standard InChI is InChI=1S/C25H33ClN4O3/c1-18(2)33-16-4-11-27-24(31)21-7-10-23(28-17-21)29-12-14-30(15-13-29)25(32)19(3)20-5-8-22(26)9-6-20/h5-10,17-19H,4,11-16H2,1-3H3,(H,27,31). The number of halogens is 1. The molecule has 2 aromatic rings. The Morgan fingerprint density at radius 2 is 1.76 bits per heavy atom. The third-order valence-corrected chi connectivity index (χ3v) is 5.98. The summed E-state index contributed by atoms with van der Waals surface area (Å²) in [4.78, 5) is 33.7. The van der Waals surface area contributed by atoms with E-state index in [1.54, 1.807) is 12.3 Å². The largest absolute Gasteiger partial charge is 0.379 e. The van der Waals surface area contributed by atoms with Crippen LogP contribution in [-0.2, 0) is 9.53 Å². The SMILES string of the molecule is CC(C)OCCCNC(=O)c1ccc(N2CCN(C(=O)C(C)c3ccc(Cl)cc3)CC2)nc1. The molecular formula is C25H33ClN4O3. The number of rotatable bonds is 9. The maximum Gasteiger partial charge on any atom is 0.252 e. The van der Waals surface area contributed by atoms with Gasteiger partial charge in [-0.05, 0) is 57.0 Å². The molecule has 2 amide bonds. The number of nitrogens with one attached hydrogen (secondary N) is 1. The number of ether oxygens (including phenoxy) is 1. The lowest BCUT2D eigenvalue weighted by Crippen LogP contribution is -2.50. The number of carbonyl (C=O) groups is 2. The van der Waals surface area contributed by atoms with Crippen molar-refractivity contribution in [2.45, 2.75) is 39.2 Å². The first-order valence-electron chi connectivity index (χ1n) is 11.5. The minimum atomic E-state index is -0.207. The van der Waals surface area contributed by atoms with Crippen LogP contribution in [0.15, 0.2) is 42.6 Å². The van der Waals surface area contributed by atoms with Gasteiger partial charge in [0.1, 0.15) is 5.82 Å². The molecule has 3 rings (SSSR count). The molecule has 1 unspecified atom stereocenters. The smallest absolute Gasteiger partial charge is 0.252 e. The molecule has 7 nitrogen and oxygen atoms in total. The van der Waals surface area contributed by atoms with Crippen molar-refractivity contribution < 1.29 is 14.3 Å². The van der Waals surface area contributed by atoms with Crippen molar-refractivity contribution in [3.63, 3.8) is 0 Å². The summed E-state index contributed by atoms with van der Waals surface area (Å²) in [5, 5.41) is 3.56.